The fraction of sp³-hybridized carbons (Fsp3) is 0.923. The average Bonchev–Trinajstić information content (AvgIpc) is 2.86. The van der Waals surface area contributed by atoms with E-state index in [-0.39, 0.29) is 16.7 Å². The summed E-state index contributed by atoms with van der Waals surface area (Å²) in [6.07, 6.45) is 6.99. The van der Waals surface area contributed by atoms with Gasteiger partial charge in [-0.15, -0.1) is 11.8 Å². The number of rotatable bonds is 3. The Morgan fingerprint density at radius 1 is 1.41 bits per heavy atom. The minimum Gasteiger partial charge on any atom is -0.349 e. The molecule has 2 fully saturated rings. The number of carbonyl (C=O) groups excluding carboxylic acids is 1. The standard InChI is InChI=1S/C13H22BrNOS/c1-10-4-6-13(9-14,7-5-10)15-12(16)11-3-2-8-17-11/h10-11H,2-9H2,1H3,(H,15,16). The van der Waals surface area contributed by atoms with Gasteiger partial charge in [-0.2, -0.15) is 0 Å². The van der Waals surface area contributed by atoms with E-state index < -0.39 is 0 Å². The van der Waals surface area contributed by atoms with Crippen molar-refractivity contribution in [3.05, 3.63) is 0 Å². The van der Waals surface area contributed by atoms with Gasteiger partial charge in [0, 0.05) is 10.9 Å². The lowest BCUT2D eigenvalue weighted by Gasteiger charge is -2.39. The number of carbonyl (C=O) groups is 1. The monoisotopic (exact) mass is 319 g/mol. The lowest BCUT2D eigenvalue weighted by Crippen LogP contribution is -2.54. The summed E-state index contributed by atoms with van der Waals surface area (Å²) in [5.41, 5.74) is 0.0345. The smallest absolute Gasteiger partial charge is 0.233 e. The fourth-order valence-electron chi connectivity index (χ4n) is 2.73. The van der Waals surface area contributed by atoms with Crippen molar-refractivity contribution in [3.8, 4) is 0 Å². The van der Waals surface area contributed by atoms with Crippen molar-refractivity contribution >= 4 is 33.6 Å². The van der Waals surface area contributed by atoms with Crippen molar-refractivity contribution < 1.29 is 4.79 Å². The molecule has 0 radical (unpaired) electrons. The minimum atomic E-state index is 0.0345. The predicted molar refractivity (Wildman–Crippen MR) is 77.8 cm³/mol. The second-order valence-corrected chi connectivity index (χ2v) is 7.46. The van der Waals surface area contributed by atoms with E-state index in [1.807, 2.05) is 11.8 Å². The van der Waals surface area contributed by atoms with Gasteiger partial charge in [-0.05, 0) is 50.2 Å². The predicted octanol–water partition coefficient (Wildman–Crippen LogP) is 3.34. The highest BCUT2D eigenvalue weighted by Crippen LogP contribution is 2.34. The highest BCUT2D eigenvalue weighted by molar-refractivity contribution is 9.09. The number of amides is 1. The second-order valence-electron chi connectivity index (χ2n) is 5.59. The molecule has 1 aliphatic carbocycles. The Kier molecular flexibility index (Phi) is 4.81. The molecular formula is C13H22BrNOS. The van der Waals surface area contributed by atoms with Crippen LogP contribution in [0.4, 0.5) is 0 Å². The van der Waals surface area contributed by atoms with Crippen LogP contribution in [0, 0.1) is 5.92 Å². The average molecular weight is 320 g/mol. The quantitative estimate of drug-likeness (QED) is 0.808. The third kappa shape index (κ3) is 3.40. The van der Waals surface area contributed by atoms with E-state index in [9.17, 15) is 4.79 Å². The first kappa shape index (κ1) is 13.7. The van der Waals surface area contributed by atoms with Gasteiger partial charge in [0.15, 0.2) is 0 Å². The maximum Gasteiger partial charge on any atom is 0.233 e. The molecule has 0 aromatic rings. The topological polar surface area (TPSA) is 29.1 Å². The van der Waals surface area contributed by atoms with Crippen LogP contribution in [0.25, 0.3) is 0 Å². The Morgan fingerprint density at radius 3 is 2.65 bits per heavy atom. The third-order valence-electron chi connectivity index (χ3n) is 4.10. The molecule has 0 bridgehead atoms. The lowest BCUT2D eigenvalue weighted by atomic mass is 9.78. The number of halogens is 1. The molecule has 98 valence electrons. The number of nitrogens with one attached hydrogen (secondary N) is 1. The van der Waals surface area contributed by atoms with Crippen LogP contribution in [0.3, 0.4) is 0 Å². The maximum atomic E-state index is 12.2. The van der Waals surface area contributed by atoms with Crippen molar-refractivity contribution in [3.63, 3.8) is 0 Å². The fourth-order valence-corrected chi connectivity index (χ4v) is 4.60. The third-order valence-corrected chi connectivity index (χ3v) is 6.55. The van der Waals surface area contributed by atoms with Gasteiger partial charge in [-0.3, -0.25) is 4.79 Å². The van der Waals surface area contributed by atoms with Crippen LogP contribution in [-0.2, 0) is 4.79 Å². The van der Waals surface area contributed by atoms with Gasteiger partial charge in [-0.25, -0.2) is 0 Å². The Balaban J connectivity index is 1.92. The molecule has 17 heavy (non-hydrogen) atoms. The van der Waals surface area contributed by atoms with Gasteiger partial charge in [0.05, 0.1) is 5.25 Å². The number of thioether (sulfide) groups is 1. The lowest BCUT2D eigenvalue weighted by molar-refractivity contribution is -0.122. The van der Waals surface area contributed by atoms with Crippen LogP contribution in [0.2, 0.25) is 0 Å². The summed E-state index contributed by atoms with van der Waals surface area (Å²) in [4.78, 5) is 12.2. The van der Waals surface area contributed by atoms with E-state index in [0.29, 0.717) is 0 Å². The molecule has 1 amide bonds. The zero-order chi connectivity index (χ0) is 12.3. The van der Waals surface area contributed by atoms with Crippen molar-refractivity contribution in [1.29, 1.82) is 0 Å². The van der Waals surface area contributed by atoms with Crippen molar-refractivity contribution in [2.75, 3.05) is 11.1 Å². The van der Waals surface area contributed by atoms with Crippen molar-refractivity contribution in [2.24, 2.45) is 5.92 Å². The molecule has 2 nitrogen and oxygen atoms in total. The molecule has 1 unspecified atom stereocenters. The van der Waals surface area contributed by atoms with Gasteiger partial charge in [0.1, 0.15) is 0 Å². The maximum absolute atomic E-state index is 12.2. The van der Waals surface area contributed by atoms with Crippen LogP contribution in [0.5, 0.6) is 0 Å². The summed E-state index contributed by atoms with van der Waals surface area (Å²) in [6, 6.07) is 0. The van der Waals surface area contributed by atoms with Gasteiger partial charge >= 0.3 is 0 Å². The van der Waals surface area contributed by atoms with E-state index in [0.717, 1.165) is 36.3 Å². The first-order chi connectivity index (χ1) is 8.15. The Morgan fingerprint density at radius 2 is 2.12 bits per heavy atom. The summed E-state index contributed by atoms with van der Waals surface area (Å²) in [5, 5.41) is 4.45. The van der Waals surface area contributed by atoms with E-state index in [4.69, 9.17) is 0 Å². The summed E-state index contributed by atoms with van der Waals surface area (Å²) >= 11 is 5.43. The molecule has 0 aromatic carbocycles. The van der Waals surface area contributed by atoms with E-state index in [1.165, 1.54) is 19.3 Å². The molecule has 2 rings (SSSR count). The van der Waals surface area contributed by atoms with E-state index in [2.05, 4.69) is 28.2 Å². The molecule has 2 aliphatic rings. The summed E-state index contributed by atoms with van der Waals surface area (Å²) < 4.78 is 0. The molecule has 1 aliphatic heterocycles. The summed E-state index contributed by atoms with van der Waals surface area (Å²) in [5.74, 6) is 2.25. The summed E-state index contributed by atoms with van der Waals surface area (Å²) in [7, 11) is 0. The second kappa shape index (κ2) is 5.96. The highest BCUT2D eigenvalue weighted by Gasteiger charge is 2.36. The SMILES string of the molecule is CC1CCC(CBr)(NC(=O)C2CCCS2)CC1. The van der Waals surface area contributed by atoms with Crippen molar-refractivity contribution in [2.45, 2.75) is 56.2 Å². The van der Waals surface area contributed by atoms with Crippen LogP contribution >= 0.6 is 27.7 Å². The molecule has 0 spiro atoms. The highest BCUT2D eigenvalue weighted by atomic mass is 79.9. The van der Waals surface area contributed by atoms with E-state index in [1.54, 1.807) is 0 Å². The zero-order valence-electron chi connectivity index (χ0n) is 10.5. The minimum absolute atomic E-state index is 0.0345. The Labute approximate surface area is 117 Å². The molecule has 1 saturated heterocycles. The van der Waals surface area contributed by atoms with Crippen molar-refractivity contribution in [1.82, 2.24) is 5.32 Å². The van der Waals surface area contributed by atoms with Gasteiger partial charge in [-0.1, -0.05) is 22.9 Å². The van der Waals surface area contributed by atoms with Crippen LogP contribution in [-0.4, -0.2) is 27.8 Å². The normalized spacial score (nSPS) is 38.0. The largest absolute Gasteiger partial charge is 0.349 e. The molecule has 4 heteroatoms. The number of hydrogen-bond donors (Lipinski definition) is 1. The van der Waals surface area contributed by atoms with Gasteiger partial charge < -0.3 is 5.32 Å². The van der Waals surface area contributed by atoms with Gasteiger partial charge in [0.2, 0.25) is 5.91 Å². The van der Waals surface area contributed by atoms with Crippen LogP contribution < -0.4 is 5.32 Å². The molecule has 0 aromatic heterocycles. The molecule has 1 atom stereocenters. The summed E-state index contributed by atoms with van der Waals surface area (Å²) in [6.45, 7) is 2.31. The molecule has 1 saturated carbocycles. The first-order valence-electron chi connectivity index (χ1n) is 6.65. The Hall–Kier alpha value is 0.300. The van der Waals surface area contributed by atoms with Crippen LogP contribution in [0.1, 0.15) is 45.4 Å². The van der Waals surface area contributed by atoms with E-state index >= 15 is 0 Å². The number of alkyl halides is 1. The molecular weight excluding hydrogens is 298 g/mol. The molecule has 1 heterocycles. The number of hydrogen-bond acceptors (Lipinski definition) is 2. The Bertz CT molecular complexity index is 271. The van der Waals surface area contributed by atoms with Gasteiger partial charge in [0.25, 0.3) is 0 Å². The first-order valence-corrected chi connectivity index (χ1v) is 8.82. The zero-order valence-corrected chi connectivity index (χ0v) is 12.9. The molecule has 1 N–H and O–H groups in total. The van der Waals surface area contributed by atoms with Crippen LogP contribution in [0.15, 0.2) is 0 Å².